The lowest BCUT2D eigenvalue weighted by molar-refractivity contribution is 0.224. The summed E-state index contributed by atoms with van der Waals surface area (Å²) in [4.78, 5) is 0. The monoisotopic (exact) mass is 291 g/mol. The zero-order chi connectivity index (χ0) is 14.8. The molecule has 1 N–H and O–H groups in total. The van der Waals surface area contributed by atoms with Crippen LogP contribution in [0, 0.1) is 5.41 Å². The van der Waals surface area contributed by atoms with Gasteiger partial charge in [0.25, 0.3) is 0 Å². The summed E-state index contributed by atoms with van der Waals surface area (Å²) in [6, 6.07) is 0. The van der Waals surface area contributed by atoms with Gasteiger partial charge in [0.1, 0.15) is 9.84 Å². The Morgan fingerprint density at radius 2 is 1.63 bits per heavy atom. The van der Waals surface area contributed by atoms with E-state index in [0.29, 0.717) is 11.5 Å². The second-order valence-corrected chi connectivity index (χ2v) is 7.94. The quantitative estimate of drug-likeness (QED) is 0.599. The molecule has 0 spiro atoms. The number of unbranched alkanes of at least 4 members (excludes halogenated alkanes) is 1. The van der Waals surface area contributed by atoms with Gasteiger partial charge >= 0.3 is 0 Å². The van der Waals surface area contributed by atoms with Crippen LogP contribution in [0.15, 0.2) is 0 Å². The van der Waals surface area contributed by atoms with Gasteiger partial charge in [-0.1, -0.05) is 40.5 Å². The Hall–Kier alpha value is -0.0900. The molecule has 19 heavy (non-hydrogen) atoms. The molecule has 116 valence electrons. The highest BCUT2D eigenvalue weighted by Gasteiger charge is 2.28. The van der Waals surface area contributed by atoms with Crippen molar-refractivity contribution in [3.8, 4) is 0 Å². The van der Waals surface area contributed by atoms with E-state index in [0.717, 1.165) is 38.8 Å². The molecular formula is C15H33NO2S. The first-order chi connectivity index (χ1) is 8.95. The van der Waals surface area contributed by atoms with Crippen LogP contribution in [0.4, 0.5) is 0 Å². The molecule has 1 atom stereocenters. The first-order valence-corrected chi connectivity index (χ1v) is 9.68. The SMILES string of the molecule is CCCCC(CC)(CCS(=O)(=O)CCC)CNCC. The summed E-state index contributed by atoms with van der Waals surface area (Å²) < 4.78 is 23.8. The average Bonchev–Trinajstić information content (AvgIpc) is 2.38. The predicted octanol–water partition coefficient (Wildman–Crippen LogP) is 3.40. The Bertz CT molecular complexity index is 304. The van der Waals surface area contributed by atoms with Gasteiger partial charge < -0.3 is 5.32 Å². The molecular weight excluding hydrogens is 258 g/mol. The second-order valence-electron chi connectivity index (χ2n) is 5.64. The van der Waals surface area contributed by atoms with Crippen LogP contribution in [0.1, 0.15) is 66.2 Å². The van der Waals surface area contributed by atoms with E-state index in [1.54, 1.807) is 0 Å². The number of hydrogen-bond donors (Lipinski definition) is 1. The van der Waals surface area contributed by atoms with E-state index >= 15 is 0 Å². The van der Waals surface area contributed by atoms with Crippen molar-refractivity contribution < 1.29 is 8.42 Å². The van der Waals surface area contributed by atoms with Gasteiger partial charge in [0.15, 0.2) is 0 Å². The molecule has 0 aromatic heterocycles. The maximum absolute atomic E-state index is 11.9. The van der Waals surface area contributed by atoms with Crippen LogP contribution in [0.25, 0.3) is 0 Å². The molecule has 3 nitrogen and oxygen atoms in total. The van der Waals surface area contributed by atoms with Crippen molar-refractivity contribution in [1.82, 2.24) is 5.32 Å². The Morgan fingerprint density at radius 3 is 2.11 bits per heavy atom. The summed E-state index contributed by atoms with van der Waals surface area (Å²) in [5, 5.41) is 3.42. The summed E-state index contributed by atoms with van der Waals surface area (Å²) in [5.74, 6) is 0.686. The molecule has 0 heterocycles. The number of hydrogen-bond acceptors (Lipinski definition) is 3. The molecule has 0 aromatic rings. The standard InChI is InChI=1S/C15H33NO2S/c1-5-9-10-15(7-3,14-16-8-4)11-13-19(17,18)12-6-2/h16H,5-14H2,1-4H3. The van der Waals surface area contributed by atoms with E-state index in [1.165, 1.54) is 12.8 Å². The van der Waals surface area contributed by atoms with Crippen LogP contribution in [0.3, 0.4) is 0 Å². The predicted molar refractivity (Wildman–Crippen MR) is 84.4 cm³/mol. The van der Waals surface area contributed by atoms with E-state index in [9.17, 15) is 8.42 Å². The van der Waals surface area contributed by atoms with Gasteiger partial charge in [-0.2, -0.15) is 0 Å². The van der Waals surface area contributed by atoms with Crippen LogP contribution in [-0.4, -0.2) is 33.0 Å². The molecule has 0 aliphatic rings. The smallest absolute Gasteiger partial charge is 0.150 e. The second kappa shape index (κ2) is 9.76. The van der Waals surface area contributed by atoms with Gasteiger partial charge in [0.2, 0.25) is 0 Å². The third-order valence-corrected chi connectivity index (χ3v) is 5.88. The third kappa shape index (κ3) is 7.93. The summed E-state index contributed by atoms with van der Waals surface area (Å²) in [6.07, 6.45) is 6.08. The molecule has 0 aromatic carbocycles. The Balaban J connectivity index is 4.62. The van der Waals surface area contributed by atoms with Crippen molar-refractivity contribution in [2.75, 3.05) is 24.6 Å². The van der Waals surface area contributed by atoms with E-state index in [2.05, 4.69) is 26.1 Å². The Labute approximate surface area is 120 Å². The van der Waals surface area contributed by atoms with Crippen LogP contribution in [-0.2, 0) is 9.84 Å². The van der Waals surface area contributed by atoms with Crippen molar-refractivity contribution in [2.24, 2.45) is 5.41 Å². The average molecular weight is 292 g/mol. The van der Waals surface area contributed by atoms with Crippen LogP contribution in [0.2, 0.25) is 0 Å². The molecule has 0 rings (SSSR count). The van der Waals surface area contributed by atoms with Gasteiger partial charge in [-0.15, -0.1) is 0 Å². The normalized spacial score (nSPS) is 15.4. The lowest BCUT2D eigenvalue weighted by atomic mass is 9.77. The molecule has 0 fully saturated rings. The Morgan fingerprint density at radius 1 is 0.947 bits per heavy atom. The number of sulfone groups is 1. The summed E-state index contributed by atoms with van der Waals surface area (Å²) in [7, 11) is -2.85. The maximum atomic E-state index is 11.9. The highest BCUT2D eigenvalue weighted by molar-refractivity contribution is 7.91. The molecule has 4 heteroatoms. The molecule has 0 aliphatic carbocycles. The van der Waals surface area contributed by atoms with E-state index in [1.807, 2.05) is 6.92 Å². The maximum Gasteiger partial charge on any atom is 0.150 e. The minimum atomic E-state index is -2.85. The first-order valence-electron chi connectivity index (χ1n) is 7.86. The van der Waals surface area contributed by atoms with Crippen molar-refractivity contribution in [3.63, 3.8) is 0 Å². The number of rotatable bonds is 12. The Kier molecular flexibility index (Phi) is 9.71. The zero-order valence-corrected chi connectivity index (χ0v) is 14.1. The van der Waals surface area contributed by atoms with Gasteiger partial charge in [-0.25, -0.2) is 8.42 Å². The van der Waals surface area contributed by atoms with Crippen LogP contribution >= 0.6 is 0 Å². The molecule has 0 saturated carbocycles. The fourth-order valence-electron chi connectivity index (χ4n) is 2.51. The van der Waals surface area contributed by atoms with Crippen molar-refractivity contribution in [2.45, 2.75) is 66.2 Å². The topological polar surface area (TPSA) is 46.2 Å². The van der Waals surface area contributed by atoms with E-state index < -0.39 is 9.84 Å². The third-order valence-electron chi connectivity index (χ3n) is 4.02. The molecule has 0 saturated heterocycles. The van der Waals surface area contributed by atoms with Crippen LogP contribution in [0.5, 0.6) is 0 Å². The first kappa shape index (κ1) is 18.9. The minimum absolute atomic E-state index is 0.160. The number of nitrogens with one attached hydrogen (secondary N) is 1. The fraction of sp³-hybridized carbons (Fsp3) is 1.00. The largest absolute Gasteiger partial charge is 0.316 e. The molecule has 1 unspecified atom stereocenters. The fourth-order valence-corrected chi connectivity index (χ4v) is 4.08. The highest BCUT2D eigenvalue weighted by Crippen LogP contribution is 2.32. The van der Waals surface area contributed by atoms with Gasteiger partial charge in [-0.3, -0.25) is 0 Å². The molecule has 0 bridgehead atoms. The van der Waals surface area contributed by atoms with Crippen molar-refractivity contribution in [1.29, 1.82) is 0 Å². The van der Waals surface area contributed by atoms with Crippen LogP contribution < -0.4 is 5.32 Å². The summed E-state index contributed by atoms with van der Waals surface area (Å²) in [6.45, 7) is 10.3. The van der Waals surface area contributed by atoms with Gasteiger partial charge in [0, 0.05) is 12.3 Å². The van der Waals surface area contributed by atoms with Gasteiger partial charge in [-0.05, 0) is 37.6 Å². The minimum Gasteiger partial charge on any atom is -0.316 e. The summed E-state index contributed by atoms with van der Waals surface area (Å²) >= 11 is 0. The van der Waals surface area contributed by atoms with Crippen molar-refractivity contribution in [3.05, 3.63) is 0 Å². The van der Waals surface area contributed by atoms with E-state index in [-0.39, 0.29) is 5.41 Å². The lowest BCUT2D eigenvalue weighted by Gasteiger charge is -2.33. The zero-order valence-electron chi connectivity index (χ0n) is 13.3. The summed E-state index contributed by atoms with van der Waals surface area (Å²) in [5.41, 5.74) is 0.160. The van der Waals surface area contributed by atoms with E-state index in [4.69, 9.17) is 0 Å². The molecule has 0 amide bonds. The van der Waals surface area contributed by atoms with Crippen molar-refractivity contribution >= 4 is 9.84 Å². The molecule has 0 aliphatic heterocycles. The lowest BCUT2D eigenvalue weighted by Crippen LogP contribution is -2.36. The van der Waals surface area contributed by atoms with Gasteiger partial charge in [0.05, 0.1) is 5.75 Å². The highest BCUT2D eigenvalue weighted by atomic mass is 32.2. The molecule has 0 radical (unpaired) electrons.